The van der Waals surface area contributed by atoms with Gasteiger partial charge in [0.05, 0.1) is 16.8 Å². The summed E-state index contributed by atoms with van der Waals surface area (Å²) in [7, 11) is 2.85. The van der Waals surface area contributed by atoms with Crippen LogP contribution in [0.25, 0.3) is 0 Å². The molecule has 3 amide bonds. The van der Waals surface area contributed by atoms with Crippen molar-refractivity contribution in [3.8, 4) is 0 Å². The second kappa shape index (κ2) is 10.3. The molecule has 194 valence electrons. The van der Waals surface area contributed by atoms with E-state index in [2.05, 4.69) is 10.6 Å². The van der Waals surface area contributed by atoms with Gasteiger partial charge in [0.25, 0.3) is 11.5 Å². The number of nitrogens with one attached hydrogen (secondary N) is 2. The van der Waals surface area contributed by atoms with E-state index < -0.39 is 28.6 Å². The van der Waals surface area contributed by atoms with Gasteiger partial charge in [-0.25, -0.2) is 4.39 Å². The van der Waals surface area contributed by atoms with Crippen LogP contribution in [-0.2, 0) is 22.1 Å². The SMILES string of the molecule is CNC(=O)c1c(N(C=O)c2cccc(C(C)(C)C(N)=O)c2)c(C)c(=O)n(C)c1Nc1ccc(C)cc1F. The fraction of sp³-hybridized carbons (Fsp3) is 0.259. The Labute approximate surface area is 214 Å². The minimum absolute atomic E-state index is 0.00632. The maximum absolute atomic E-state index is 14.7. The molecule has 0 saturated heterocycles. The number of carbonyl (C=O) groups excluding carboxylic acids is 3. The standard InChI is InChI=1S/C27H30FN5O4/c1-15-10-11-20(19(28)12-15)31-23-21(24(35)30-5)22(16(2)25(36)32(23)6)33(14-34)18-9-7-8-17(13-18)27(3,4)26(29)37/h7-14,31H,1-6H3,(H2,29,37)(H,30,35). The summed E-state index contributed by atoms with van der Waals surface area (Å²) >= 11 is 0. The zero-order chi connectivity index (χ0) is 27.7. The van der Waals surface area contributed by atoms with Crippen molar-refractivity contribution in [1.82, 2.24) is 9.88 Å². The van der Waals surface area contributed by atoms with Gasteiger partial charge in [0, 0.05) is 25.3 Å². The highest BCUT2D eigenvalue weighted by molar-refractivity contribution is 6.08. The van der Waals surface area contributed by atoms with E-state index in [1.54, 1.807) is 51.1 Å². The molecular formula is C27H30FN5O4. The molecule has 1 aromatic heterocycles. The molecule has 0 bridgehead atoms. The van der Waals surface area contributed by atoms with E-state index in [4.69, 9.17) is 5.73 Å². The summed E-state index contributed by atoms with van der Waals surface area (Å²) in [6.07, 6.45) is 0.473. The summed E-state index contributed by atoms with van der Waals surface area (Å²) in [4.78, 5) is 52.1. The molecule has 0 aliphatic heterocycles. The minimum atomic E-state index is -1.05. The predicted molar refractivity (Wildman–Crippen MR) is 141 cm³/mol. The summed E-state index contributed by atoms with van der Waals surface area (Å²) in [5, 5.41) is 5.40. The second-order valence-corrected chi connectivity index (χ2v) is 9.26. The van der Waals surface area contributed by atoms with E-state index in [0.717, 1.165) is 4.90 Å². The lowest BCUT2D eigenvalue weighted by Crippen LogP contribution is -2.36. The Morgan fingerprint density at radius 3 is 2.38 bits per heavy atom. The Bertz CT molecular complexity index is 1460. The lowest BCUT2D eigenvalue weighted by atomic mass is 9.84. The van der Waals surface area contributed by atoms with Crippen molar-refractivity contribution in [3.05, 3.63) is 80.9 Å². The van der Waals surface area contributed by atoms with Crippen LogP contribution in [0.3, 0.4) is 0 Å². The number of primary amides is 1. The summed E-state index contributed by atoms with van der Waals surface area (Å²) < 4.78 is 15.9. The Balaban J connectivity index is 2.34. The summed E-state index contributed by atoms with van der Waals surface area (Å²) in [5.41, 5.74) is 5.68. The number of amides is 3. The zero-order valence-corrected chi connectivity index (χ0v) is 21.6. The molecule has 2 aromatic carbocycles. The van der Waals surface area contributed by atoms with Gasteiger partial charge in [0.15, 0.2) is 0 Å². The largest absolute Gasteiger partial charge is 0.369 e. The van der Waals surface area contributed by atoms with Crippen molar-refractivity contribution in [2.75, 3.05) is 17.3 Å². The molecule has 37 heavy (non-hydrogen) atoms. The van der Waals surface area contributed by atoms with Crippen LogP contribution in [0, 0.1) is 19.7 Å². The molecule has 0 radical (unpaired) electrons. The monoisotopic (exact) mass is 507 g/mol. The van der Waals surface area contributed by atoms with Gasteiger partial charge in [0.2, 0.25) is 12.3 Å². The maximum atomic E-state index is 14.7. The van der Waals surface area contributed by atoms with E-state index >= 15 is 0 Å². The molecule has 0 unspecified atom stereocenters. The fourth-order valence-electron chi connectivity index (χ4n) is 3.99. The number of hydrogen-bond donors (Lipinski definition) is 3. The van der Waals surface area contributed by atoms with Crippen molar-refractivity contribution in [1.29, 1.82) is 0 Å². The van der Waals surface area contributed by atoms with E-state index in [9.17, 15) is 23.6 Å². The molecule has 10 heteroatoms. The third-order valence-corrected chi connectivity index (χ3v) is 6.43. The number of nitrogens with two attached hydrogens (primary N) is 1. The third-order valence-electron chi connectivity index (χ3n) is 6.43. The lowest BCUT2D eigenvalue weighted by Gasteiger charge is -2.28. The Morgan fingerprint density at radius 1 is 1.14 bits per heavy atom. The van der Waals surface area contributed by atoms with E-state index in [-0.39, 0.29) is 28.3 Å². The van der Waals surface area contributed by atoms with E-state index in [0.29, 0.717) is 23.2 Å². The molecule has 0 aliphatic carbocycles. The quantitative estimate of drug-likeness (QED) is 0.403. The molecule has 0 atom stereocenters. The average Bonchev–Trinajstić information content (AvgIpc) is 2.86. The number of nitrogens with zero attached hydrogens (tertiary/aromatic N) is 2. The van der Waals surface area contributed by atoms with Crippen molar-refractivity contribution >= 4 is 41.1 Å². The first-order valence-corrected chi connectivity index (χ1v) is 11.5. The summed E-state index contributed by atoms with van der Waals surface area (Å²) in [5.74, 6) is -1.76. The van der Waals surface area contributed by atoms with Gasteiger partial charge < -0.3 is 16.4 Å². The Hall–Kier alpha value is -4.47. The van der Waals surface area contributed by atoms with Crippen molar-refractivity contribution in [3.63, 3.8) is 0 Å². The smallest absolute Gasteiger partial charge is 0.256 e. The van der Waals surface area contributed by atoms with Gasteiger partial charge in [-0.1, -0.05) is 18.2 Å². The van der Waals surface area contributed by atoms with Gasteiger partial charge >= 0.3 is 0 Å². The molecule has 3 aromatic rings. The molecule has 0 spiro atoms. The number of halogens is 1. The molecule has 0 aliphatic rings. The average molecular weight is 508 g/mol. The lowest BCUT2D eigenvalue weighted by molar-refractivity contribution is -0.122. The normalized spacial score (nSPS) is 11.1. The number of aryl methyl sites for hydroxylation is 1. The number of pyridine rings is 1. The number of benzene rings is 2. The minimum Gasteiger partial charge on any atom is -0.369 e. The maximum Gasteiger partial charge on any atom is 0.256 e. The van der Waals surface area contributed by atoms with Crippen molar-refractivity contribution in [2.45, 2.75) is 33.1 Å². The molecule has 0 fully saturated rings. The van der Waals surface area contributed by atoms with Crippen molar-refractivity contribution in [2.24, 2.45) is 12.8 Å². The predicted octanol–water partition coefficient (Wildman–Crippen LogP) is 3.30. The molecule has 4 N–H and O–H groups in total. The molecule has 9 nitrogen and oxygen atoms in total. The molecule has 0 saturated carbocycles. The van der Waals surface area contributed by atoms with Gasteiger partial charge in [-0.15, -0.1) is 0 Å². The number of aromatic nitrogens is 1. The van der Waals surface area contributed by atoms with Gasteiger partial charge in [0.1, 0.15) is 17.2 Å². The van der Waals surface area contributed by atoms with Crippen LogP contribution in [-0.4, -0.2) is 29.8 Å². The van der Waals surface area contributed by atoms with E-state index in [1.165, 1.54) is 37.7 Å². The summed E-state index contributed by atoms with van der Waals surface area (Å²) in [6, 6.07) is 11.0. The van der Waals surface area contributed by atoms with Gasteiger partial charge in [-0.05, 0) is 63.1 Å². The van der Waals surface area contributed by atoms with Crippen LogP contribution in [0.1, 0.15) is 40.9 Å². The van der Waals surface area contributed by atoms with Crippen LogP contribution in [0.2, 0.25) is 0 Å². The first kappa shape index (κ1) is 27.1. The second-order valence-electron chi connectivity index (χ2n) is 9.26. The molecular weight excluding hydrogens is 477 g/mol. The number of hydrogen-bond acceptors (Lipinski definition) is 5. The van der Waals surface area contributed by atoms with Gasteiger partial charge in [-0.3, -0.25) is 28.6 Å². The van der Waals surface area contributed by atoms with Crippen LogP contribution in [0.4, 0.5) is 27.3 Å². The third kappa shape index (κ3) is 4.95. The van der Waals surface area contributed by atoms with Crippen LogP contribution in [0.15, 0.2) is 47.3 Å². The molecule has 1 heterocycles. The number of rotatable bonds is 8. The fourth-order valence-corrected chi connectivity index (χ4v) is 3.99. The first-order chi connectivity index (χ1) is 17.3. The number of anilines is 4. The molecule has 3 rings (SSSR count). The van der Waals surface area contributed by atoms with Crippen LogP contribution >= 0.6 is 0 Å². The van der Waals surface area contributed by atoms with Crippen molar-refractivity contribution < 1.29 is 18.8 Å². The van der Waals surface area contributed by atoms with Gasteiger partial charge in [-0.2, -0.15) is 0 Å². The topological polar surface area (TPSA) is 127 Å². The number of carbonyl (C=O) groups is 3. The van der Waals surface area contributed by atoms with Crippen LogP contribution < -0.4 is 26.8 Å². The van der Waals surface area contributed by atoms with Crippen LogP contribution in [0.5, 0.6) is 0 Å². The highest BCUT2D eigenvalue weighted by Gasteiger charge is 2.31. The summed E-state index contributed by atoms with van der Waals surface area (Å²) in [6.45, 7) is 6.53. The zero-order valence-electron chi connectivity index (χ0n) is 21.6. The van der Waals surface area contributed by atoms with E-state index in [1.807, 2.05) is 0 Å². The highest BCUT2D eigenvalue weighted by atomic mass is 19.1. The Morgan fingerprint density at radius 2 is 1.81 bits per heavy atom. The first-order valence-electron chi connectivity index (χ1n) is 11.5. The Kier molecular flexibility index (Phi) is 7.52. The highest BCUT2D eigenvalue weighted by Crippen LogP contribution is 2.36.